The second kappa shape index (κ2) is 12.7. The van der Waals surface area contributed by atoms with Crippen LogP contribution in [0.4, 0.5) is 18.9 Å². The Morgan fingerprint density at radius 3 is 2.52 bits per heavy atom. The van der Waals surface area contributed by atoms with Gasteiger partial charge in [-0.25, -0.2) is 17.9 Å². The molecule has 0 radical (unpaired) electrons. The number of hydrogen-bond donors (Lipinski definition) is 3. The Kier molecular flexibility index (Phi) is 9.16. The van der Waals surface area contributed by atoms with Crippen LogP contribution in [0.5, 0.6) is 0 Å². The number of hydrogen-bond acceptors (Lipinski definition) is 8. The van der Waals surface area contributed by atoms with Gasteiger partial charge in [-0.3, -0.25) is 4.79 Å². The van der Waals surface area contributed by atoms with Crippen molar-refractivity contribution in [3.05, 3.63) is 65.1 Å². The van der Waals surface area contributed by atoms with E-state index in [1.165, 1.54) is 18.2 Å². The Balaban J connectivity index is 1.53. The summed E-state index contributed by atoms with van der Waals surface area (Å²) in [4.78, 5) is 15.8. The van der Waals surface area contributed by atoms with Crippen LogP contribution >= 0.6 is 11.6 Å². The van der Waals surface area contributed by atoms with E-state index in [0.717, 1.165) is 29.7 Å². The van der Waals surface area contributed by atoms with Gasteiger partial charge in [-0.05, 0) is 43.2 Å². The highest BCUT2D eigenvalue weighted by atomic mass is 35.5. The van der Waals surface area contributed by atoms with Crippen molar-refractivity contribution in [3.8, 4) is 11.3 Å². The molecule has 1 saturated carbocycles. The lowest BCUT2D eigenvalue weighted by atomic mass is 9.88. The minimum atomic E-state index is -1.63. The molecule has 3 aromatic rings. The van der Waals surface area contributed by atoms with Gasteiger partial charge in [0.05, 0.1) is 24.9 Å². The predicted octanol–water partition coefficient (Wildman–Crippen LogP) is 3.03. The molecule has 2 heterocycles. The lowest BCUT2D eigenvalue weighted by Gasteiger charge is -2.46. The quantitative estimate of drug-likeness (QED) is 0.348. The van der Waals surface area contributed by atoms with Crippen molar-refractivity contribution in [3.63, 3.8) is 0 Å². The molecule has 2 fully saturated rings. The van der Waals surface area contributed by atoms with Gasteiger partial charge in [0.2, 0.25) is 0 Å². The number of rotatable bonds is 7. The van der Waals surface area contributed by atoms with E-state index in [-0.39, 0.29) is 11.3 Å². The van der Waals surface area contributed by atoms with Crippen LogP contribution < -0.4 is 4.90 Å². The fraction of sp³-hybridized carbons (Fsp3) is 0.464. The number of nitrogens with zero attached hydrogens (tertiary/aromatic N) is 4. The van der Waals surface area contributed by atoms with E-state index >= 15 is 0 Å². The monoisotopic (exact) mass is 610 g/mol. The third-order valence-corrected chi connectivity index (χ3v) is 8.06. The van der Waals surface area contributed by atoms with Gasteiger partial charge in [0, 0.05) is 23.4 Å². The van der Waals surface area contributed by atoms with Crippen LogP contribution in [0, 0.1) is 17.5 Å². The van der Waals surface area contributed by atoms with Crippen molar-refractivity contribution in [1.82, 2.24) is 15.0 Å². The first-order valence-corrected chi connectivity index (χ1v) is 13.8. The number of aliphatic hydroxyl groups excluding tert-OH is 3. The van der Waals surface area contributed by atoms with Gasteiger partial charge < -0.3 is 29.7 Å². The summed E-state index contributed by atoms with van der Waals surface area (Å²) in [6.07, 6.45) is -2.32. The molecule has 0 bridgehead atoms. The molecule has 1 aliphatic carbocycles. The zero-order valence-corrected chi connectivity index (χ0v) is 23.2. The highest BCUT2D eigenvalue weighted by Gasteiger charge is 2.52. The number of benzene rings is 2. The molecule has 5 rings (SSSR count). The molecule has 42 heavy (non-hydrogen) atoms. The largest absolute Gasteiger partial charge is 0.394 e. The van der Waals surface area contributed by atoms with Crippen LogP contribution in [-0.4, -0.2) is 86.5 Å². The topological polar surface area (TPSA) is 130 Å². The SMILES string of the molecule is CO[C@@H]1[C@@H](n2cc(-c3cc(F)c(F)c(F)c3)nn2)[C@@H](O)[C@@H](CO)O[C@H]1C(=O)N(c1cccc(Cl)c1)[C@H]1CCCC[C@@H]1O. The van der Waals surface area contributed by atoms with Gasteiger partial charge in [0.15, 0.2) is 23.6 Å². The third-order valence-electron chi connectivity index (χ3n) is 7.83. The van der Waals surface area contributed by atoms with Crippen molar-refractivity contribution in [1.29, 1.82) is 0 Å². The van der Waals surface area contributed by atoms with E-state index in [2.05, 4.69) is 10.3 Å². The Hall–Kier alpha value is -3.07. The number of carbonyl (C=O) groups excluding carboxylic acids is 1. The molecule has 2 aliphatic rings. The van der Waals surface area contributed by atoms with Crippen LogP contribution in [0.25, 0.3) is 11.3 Å². The maximum absolute atomic E-state index is 14.3. The maximum Gasteiger partial charge on any atom is 0.259 e. The summed E-state index contributed by atoms with van der Waals surface area (Å²) in [6.45, 7) is -0.670. The number of aromatic nitrogens is 3. The van der Waals surface area contributed by atoms with Gasteiger partial charge in [0.1, 0.15) is 30.0 Å². The molecule has 0 spiro atoms. The third kappa shape index (κ3) is 5.77. The van der Waals surface area contributed by atoms with Gasteiger partial charge in [0.25, 0.3) is 5.91 Å². The van der Waals surface area contributed by atoms with Crippen LogP contribution in [0.15, 0.2) is 42.6 Å². The lowest BCUT2D eigenvalue weighted by molar-refractivity contribution is -0.211. The lowest BCUT2D eigenvalue weighted by Crippen LogP contribution is -2.63. The summed E-state index contributed by atoms with van der Waals surface area (Å²) < 4.78 is 54.0. The second-order valence-corrected chi connectivity index (χ2v) is 10.8. The minimum Gasteiger partial charge on any atom is -0.394 e. The number of methoxy groups -OCH3 is 1. The average Bonchev–Trinajstić information content (AvgIpc) is 3.46. The maximum atomic E-state index is 14.3. The fourth-order valence-electron chi connectivity index (χ4n) is 5.76. The van der Waals surface area contributed by atoms with Gasteiger partial charge in [-0.15, -0.1) is 5.10 Å². The first-order valence-electron chi connectivity index (χ1n) is 13.4. The molecule has 0 unspecified atom stereocenters. The van der Waals surface area contributed by atoms with Crippen LogP contribution in [0.1, 0.15) is 31.7 Å². The van der Waals surface area contributed by atoms with Crippen molar-refractivity contribution in [2.75, 3.05) is 18.6 Å². The Morgan fingerprint density at radius 1 is 1.17 bits per heavy atom. The van der Waals surface area contributed by atoms with E-state index < -0.39 is 72.6 Å². The molecule has 14 heteroatoms. The number of ether oxygens (including phenoxy) is 2. The van der Waals surface area contributed by atoms with Crippen LogP contribution in [0.2, 0.25) is 5.02 Å². The van der Waals surface area contributed by atoms with Gasteiger partial charge >= 0.3 is 0 Å². The molecular formula is C28H30ClF3N4O6. The van der Waals surface area contributed by atoms with Crippen molar-refractivity contribution < 1.29 is 42.8 Å². The summed E-state index contributed by atoms with van der Waals surface area (Å²) in [5.74, 6) is -5.08. The van der Waals surface area contributed by atoms with E-state index in [9.17, 15) is 33.3 Å². The molecule has 2 aromatic carbocycles. The van der Waals surface area contributed by atoms with Gasteiger partial charge in [-0.2, -0.15) is 0 Å². The zero-order valence-electron chi connectivity index (χ0n) is 22.5. The van der Waals surface area contributed by atoms with E-state index in [4.69, 9.17) is 21.1 Å². The number of halogens is 4. The van der Waals surface area contributed by atoms with Crippen molar-refractivity contribution in [2.45, 2.75) is 68.3 Å². The van der Waals surface area contributed by atoms with Gasteiger partial charge in [-0.1, -0.05) is 35.7 Å². The van der Waals surface area contributed by atoms with Crippen molar-refractivity contribution in [2.24, 2.45) is 0 Å². The smallest absolute Gasteiger partial charge is 0.259 e. The highest BCUT2D eigenvalue weighted by Crippen LogP contribution is 2.37. The average molecular weight is 611 g/mol. The van der Waals surface area contributed by atoms with Crippen LogP contribution in [-0.2, 0) is 14.3 Å². The Labute approximate surface area is 244 Å². The molecule has 7 atom stereocenters. The van der Waals surface area contributed by atoms with Crippen molar-refractivity contribution >= 4 is 23.2 Å². The molecule has 1 saturated heterocycles. The fourth-order valence-corrected chi connectivity index (χ4v) is 5.94. The number of aliphatic hydroxyl groups is 3. The summed E-state index contributed by atoms with van der Waals surface area (Å²) in [6, 6.07) is 6.32. The van der Waals surface area contributed by atoms with E-state index in [1.54, 1.807) is 24.3 Å². The standard InChI is InChI=1S/C28H30ClF3N4O6/c1-41-26-24(35-12-19(33-34-35)14-9-17(30)23(32)18(31)10-14)25(39)22(13-37)42-27(26)28(40)36(16-6-4-5-15(29)11-16)20-7-2-3-8-21(20)38/h4-6,9-12,20-22,24-27,37-39H,2-3,7-8,13H2,1H3/t20-,21-,22+,24-,25-,26+,27+/m0/s1. The first-order chi connectivity index (χ1) is 20.1. The molecular weight excluding hydrogens is 581 g/mol. The molecule has 1 aliphatic heterocycles. The minimum absolute atomic E-state index is 0.0457. The molecule has 226 valence electrons. The Morgan fingerprint density at radius 2 is 1.88 bits per heavy atom. The summed E-state index contributed by atoms with van der Waals surface area (Å²) in [5, 5.41) is 40.4. The number of anilines is 1. The zero-order chi connectivity index (χ0) is 30.1. The summed E-state index contributed by atoms with van der Waals surface area (Å²) >= 11 is 6.25. The number of amides is 1. The normalized spacial score (nSPS) is 28.0. The number of carbonyl (C=O) groups is 1. The predicted molar refractivity (Wildman–Crippen MR) is 144 cm³/mol. The summed E-state index contributed by atoms with van der Waals surface area (Å²) in [7, 11) is 1.30. The molecule has 10 nitrogen and oxygen atoms in total. The second-order valence-electron chi connectivity index (χ2n) is 10.4. The molecule has 1 amide bonds. The van der Waals surface area contributed by atoms with E-state index in [1.807, 2.05) is 0 Å². The molecule has 1 aromatic heterocycles. The molecule has 3 N–H and O–H groups in total. The van der Waals surface area contributed by atoms with Crippen LogP contribution in [0.3, 0.4) is 0 Å². The first kappa shape index (κ1) is 30.4. The highest BCUT2D eigenvalue weighted by molar-refractivity contribution is 6.31. The van der Waals surface area contributed by atoms with E-state index in [0.29, 0.717) is 23.6 Å². The Bertz CT molecular complexity index is 1410. The summed E-state index contributed by atoms with van der Waals surface area (Å²) in [5.41, 5.74) is 0.261.